The Balaban J connectivity index is 2.23. The predicted octanol–water partition coefficient (Wildman–Crippen LogP) is 3.36. The zero-order chi connectivity index (χ0) is 13.8. The van der Waals surface area contributed by atoms with Crippen LogP contribution in [0.2, 0.25) is 0 Å². The normalized spacial score (nSPS) is 12.6. The molecule has 0 fully saturated rings. The third kappa shape index (κ3) is 3.61. The molecule has 1 atom stereocenters. The van der Waals surface area contributed by atoms with Crippen LogP contribution in [0.5, 0.6) is 0 Å². The van der Waals surface area contributed by atoms with Gasteiger partial charge >= 0.3 is 0 Å². The lowest BCUT2D eigenvalue weighted by atomic mass is 10.00. The summed E-state index contributed by atoms with van der Waals surface area (Å²) in [7, 11) is 0. The third-order valence-corrected chi connectivity index (χ3v) is 4.11. The molecule has 0 radical (unpaired) electrons. The number of hydrogen-bond donors (Lipinski definition) is 1. The van der Waals surface area contributed by atoms with Crippen LogP contribution >= 0.6 is 11.5 Å². The van der Waals surface area contributed by atoms with E-state index in [0.717, 1.165) is 18.7 Å². The molecule has 4 heteroatoms. The van der Waals surface area contributed by atoms with Gasteiger partial charge in [0.05, 0.1) is 10.6 Å². The van der Waals surface area contributed by atoms with Gasteiger partial charge < -0.3 is 5.32 Å². The van der Waals surface area contributed by atoms with E-state index in [4.69, 9.17) is 0 Å². The number of aromatic nitrogens is 2. The summed E-state index contributed by atoms with van der Waals surface area (Å²) in [5, 5.41) is 7.67. The number of likely N-dealkylation sites (N-methyl/N-ethyl adjacent to an activating group) is 1. The fourth-order valence-electron chi connectivity index (χ4n) is 2.48. The molecule has 0 aliphatic rings. The predicted molar refractivity (Wildman–Crippen MR) is 80.7 cm³/mol. The first kappa shape index (κ1) is 14.2. The van der Waals surface area contributed by atoms with Gasteiger partial charge in [0.15, 0.2) is 0 Å². The summed E-state index contributed by atoms with van der Waals surface area (Å²) in [4.78, 5) is 1.25. The molecule has 1 aromatic heterocycles. The first-order valence-corrected chi connectivity index (χ1v) is 7.47. The van der Waals surface area contributed by atoms with Crippen LogP contribution in [-0.4, -0.2) is 16.1 Å². The van der Waals surface area contributed by atoms with E-state index in [0.29, 0.717) is 6.04 Å². The largest absolute Gasteiger partial charge is 0.309 e. The molecule has 2 aromatic rings. The summed E-state index contributed by atoms with van der Waals surface area (Å²) < 4.78 is 4.05. The molecule has 0 spiro atoms. The smallest absolute Gasteiger partial charge is 0.0772 e. The molecule has 0 saturated heterocycles. The molecule has 0 amide bonds. The number of hydrogen-bond acceptors (Lipinski definition) is 4. The van der Waals surface area contributed by atoms with Gasteiger partial charge in [-0.25, -0.2) is 0 Å². The number of nitrogens with zero attached hydrogens (tertiary/aromatic N) is 2. The maximum Gasteiger partial charge on any atom is 0.0772 e. The Morgan fingerprint density at radius 3 is 2.37 bits per heavy atom. The topological polar surface area (TPSA) is 37.8 Å². The molecule has 0 saturated carbocycles. The summed E-state index contributed by atoms with van der Waals surface area (Å²) in [5.41, 5.74) is 5.06. The zero-order valence-corrected chi connectivity index (χ0v) is 12.8. The van der Waals surface area contributed by atoms with Crippen molar-refractivity contribution in [1.82, 2.24) is 14.9 Å². The van der Waals surface area contributed by atoms with Crippen LogP contribution in [0.1, 0.15) is 40.2 Å². The molecule has 0 bridgehead atoms. The zero-order valence-electron chi connectivity index (χ0n) is 12.0. The second-order valence-corrected chi connectivity index (χ2v) is 5.82. The van der Waals surface area contributed by atoms with Crippen LogP contribution in [0.3, 0.4) is 0 Å². The van der Waals surface area contributed by atoms with Gasteiger partial charge in [0, 0.05) is 6.04 Å². The minimum atomic E-state index is 0.311. The molecular weight excluding hydrogens is 254 g/mol. The van der Waals surface area contributed by atoms with Gasteiger partial charge in [0.1, 0.15) is 0 Å². The highest BCUT2D eigenvalue weighted by Crippen LogP contribution is 2.24. The van der Waals surface area contributed by atoms with Gasteiger partial charge in [-0.2, -0.15) is 0 Å². The minimum Gasteiger partial charge on any atom is -0.309 e. The fourth-order valence-corrected chi connectivity index (χ4v) is 3.20. The van der Waals surface area contributed by atoms with E-state index < -0.39 is 0 Å². The Labute approximate surface area is 119 Å². The maximum absolute atomic E-state index is 4.13. The number of nitrogens with one attached hydrogen (secondary N) is 1. The summed E-state index contributed by atoms with van der Waals surface area (Å²) in [6.07, 6.45) is 0.987. The van der Waals surface area contributed by atoms with Gasteiger partial charge in [0.2, 0.25) is 0 Å². The molecule has 1 N–H and O–H groups in total. The van der Waals surface area contributed by atoms with Crippen LogP contribution in [0, 0.1) is 20.8 Å². The fraction of sp³-hybridized carbons (Fsp3) is 0.467. The summed E-state index contributed by atoms with van der Waals surface area (Å²) in [6.45, 7) is 9.42. The Kier molecular flexibility index (Phi) is 4.66. The maximum atomic E-state index is 4.13. The Morgan fingerprint density at radius 1 is 1.16 bits per heavy atom. The van der Waals surface area contributed by atoms with E-state index in [1.807, 2.05) is 6.92 Å². The molecule has 1 aromatic carbocycles. The van der Waals surface area contributed by atoms with Gasteiger partial charge in [-0.3, -0.25) is 0 Å². The van der Waals surface area contributed by atoms with Crippen LogP contribution < -0.4 is 5.32 Å². The van der Waals surface area contributed by atoms with Gasteiger partial charge in [0.25, 0.3) is 0 Å². The molecule has 0 aliphatic heterocycles. The van der Waals surface area contributed by atoms with E-state index in [2.05, 4.69) is 53.9 Å². The second-order valence-electron chi connectivity index (χ2n) is 5.03. The SMILES string of the molecule is CCNC(Cc1cc(C)cc(C)c1)c1snnc1C. The standard InChI is InChI=1S/C15H21N3S/c1-5-16-14(15-12(4)17-18-19-15)9-13-7-10(2)6-11(3)8-13/h6-8,14,16H,5,9H2,1-4H3. The molecule has 3 nitrogen and oxygen atoms in total. The molecule has 1 heterocycles. The Hall–Kier alpha value is -1.26. The molecular formula is C15H21N3S. The van der Waals surface area contributed by atoms with Crippen molar-refractivity contribution < 1.29 is 0 Å². The highest BCUT2D eigenvalue weighted by molar-refractivity contribution is 7.05. The minimum absolute atomic E-state index is 0.311. The summed E-state index contributed by atoms with van der Waals surface area (Å²) in [5.74, 6) is 0. The van der Waals surface area contributed by atoms with Crippen molar-refractivity contribution in [2.45, 2.75) is 40.2 Å². The number of aryl methyl sites for hydroxylation is 3. The van der Waals surface area contributed by atoms with Gasteiger partial charge in [-0.1, -0.05) is 40.7 Å². The van der Waals surface area contributed by atoms with Crippen LogP contribution in [0.25, 0.3) is 0 Å². The van der Waals surface area contributed by atoms with Gasteiger partial charge in [-0.05, 0) is 50.8 Å². The highest BCUT2D eigenvalue weighted by atomic mass is 32.1. The van der Waals surface area contributed by atoms with Crippen molar-refractivity contribution >= 4 is 11.5 Å². The monoisotopic (exact) mass is 275 g/mol. The first-order valence-electron chi connectivity index (χ1n) is 6.69. The van der Waals surface area contributed by atoms with E-state index >= 15 is 0 Å². The molecule has 1 unspecified atom stereocenters. The van der Waals surface area contributed by atoms with E-state index in [1.54, 1.807) is 0 Å². The first-order chi connectivity index (χ1) is 9.10. The van der Waals surface area contributed by atoms with Crippen molar-refractivity contribution in [1.29, 1.82) is 0 Å². The lowest BCUT2D eigenvalue weighted by Gasteiger charge is -2.17. The van der Waals surface area contributed by atoms with Crippen molar-refractivity contribution in [2.75, 3.05) is 6.54 Å². The van der Waals surface area contributed by atoms with Crippen molar-refractivity contribution in [3.05, 3.63) is 45.5 Å². The molecule has 0 aliphatic carbocycles. The van der Waals surface area contributed by atoms with Gasteiger partial charge in [-0.15, -0.1) is 5.10 Å². The third-order valence-electron chi connectivity index (χ3n) is 3.17. The lowest BCUT2D eigenvalue weighted by Crippen LogP contribution is -2.22. The molecule has 2 rings (SSSR count). The Bertz CT molecular complexity index is 528. The second kappa shape index (κ2) is 6.26. The van der Waals surface area contributed by atoms with E-state index in [9.17, 15) is 0 Å². The molecule has 102 valence electrons. The van der Waals surface area contributed by atoms with Crippen molar-refractivity contribution in [2.24, 2.45) is 0 Å². The highest BCUT2D eigenvalue weighted by Gasteiger charge is 2.17. The van der Waals surface area contributed by atoms with E-state index in [-0.39, 0.29) is 0 Å². The van der Waals surface area contributed by atoms with Crippen LogP contribution in [0.15, 0.2) is 18.2 Å². The van der Waals surface area contributed by atoms with Crippen molar-refractivity contribution in [3.63, 3.8) is 0 Å². The average molecular weight is 275 g/mol. The Morgan fingerprint density at radius 2 is 1.84 bits per heavy atom. The van der Waals surface area contributed by atoms with Crippen LogP contribution in [-0.2, 0) is 6.42 Å². The summed E-state index contributed by atoms with van der Waals surface area (Å²) >= 11 is 1.50. The van der Waals surface area contributed by atoms with Crippen LogP contribution in [0.4, 0.5) is 0 Å². The number of benzene rings is 1. The quantitative estimate of drug-likeness (QED) is 0.909. The molecule has 19 heavy (non-hydrogen) atoms. The van der Waals surface area contributed by atoms with Crippen molar-refractivity contribution in [3.8, 4) is 0 Å². The summed E-state index contributed by atoms with van der Waals surface area (Å²) in [6, 6.07) is 7.05. The van der Waals surface area contributed by atoms with E-state index in [1.165, 1.54) is 33.1 Å². The number of rotatable bonds is 5. The average Bonchev–Trinajstić information content (AvgIpc) is 2.73. The lowest BCUT2D eigenvalue weighted by molar-refractivity contribution is 0.554.